The second-order valence-corrected chi connectivity index (χ2v) is 11.4. The van der Waals surface area contributed by atoms with Crippen molar-refractivity contribution in [2.75, 3.05) is 0 Å². The minimum Gasteiger partial charge on any atom is -0.105 e. The normalized spacial score (nSPS) is 12.1. The fraction of sp³-hybridized carbons (Fsp3) is 0.0526. The second kappa shape index (κ2) is 6.24. The first-order valence-corrected chi connectivity index (χ1v) is 11.1. The molecule has 3 rings (SSSR count). The average molecular weight is 404 g/mol. The van der Waals surface area contributed by atoms with E-state index in [1.807, 2.05) is 0 Å². The Hall–Kier alpha value is -1.26. The maximum Gasteiger partial charge on any atom is 0.00704 e. The molecule has 0 bridgehead atoms. The van der Waals surface area contributed by atoms with Crippen LogP contribution in [0.5, 0.6) is 0 Å². The smallest absolute Gasteiger partial charge is 0.00704 e. The molecule has 0 nitrogen and oxygen atoms in total. The molecule has 0 atom stereocenters. The zero-order valence-electron chi connectivity index (χ0n) is 11.9. The van der Waals surface area contributed by atoms with Crippen LogP contribution in [-0.2, 0) is 0 Å². The van der Waals surface area contributed by atoms with Gasteiger partial charge in [-0.15, -0.1) is 7.20 Å². The van der Waals surface area contributed by atoms with Gasteiger partial charge < -0.3 is 0 Å². The lowest BCUT2D eigenvalue weighted by Gasteiger charge is -2.35. The van der Waals surface area contributed by atoms with Gasteiger partial charge in [0.1, 0.15) is 0 Å². The van der Waals surface area contributed by atoms with Gasteiger partial charge in [-0.3, -0.25) is 0 Å². The monoisotopic (exact) mass is 404 g/mol. The summed E-state index contributed by atoms with van der Waals surface area (Å²) in [7, 11) is -1.22. The first-order chi connectivity index (χ1) is 10.2. The summed E-state index contributed by atoms with van der Waals surface area (Å²) in [5.41, 5.74) is 1.30. The lowest BCUT2D eigenvalue weighted by molar-refractivity contribution is 1.31. The van der Waals surface area contributed by atoms with Crippen LogP contribution < -0.4 is 0 Å². The molecule has 106 valence electrons. The van der Waals surface area contributed by atoms with E-state index in [2.05, 4.69) is 113 Å². The van der Waals surface area contributed by atoms with E-state index in [-0.39, 0.29) is 0 Å². The Morgan fingerprint density at radius 1 is 0.571 bits per heavy atom. The van der Waals surface area contributed by atoms with Crippen molar-refractivity contribution in [1.82, 2.24) is 0 Å². The molecule has 0 amide bonds. The van der Waals surface area contributed by atoms with Crippen LogP contribution in [0.4, 0.5) is 0 Å². The maximum atomic E-state index is 2.67. The molecule has 0 N–H and O–H groups in total. The summed E-state index contributed by atoms with van der Waals surface area (Å²) in [6.07, 6.45) is 0. The topological polar surface area (TPSA) is 0 Å². The van der Waals surface area contributed by atoms with Crippen LogP contribution >= 0.6 is 28.4 Å². The van der Waals surface area contributed by atoms with E-state index in [0.717, 1.165) is 0 Å². The fourth-order valence-electron chi connectivity index (χ4n) is 2.35. The minimum absolute atomic E-state index is 1.22. The first kappa shape index (κ1) is 14.7. The maximum absolute atomic E-state index is 2.67. The molecule has 0 aliphatic carbocycles. The van der Waals surface area contributed by atoms with Gasteiger partial charge in [0.15, 0.2) is 0 Å². The lowest BCUT2D eigenvalue weighted by atomic mass is 10.2. The minimum atomic E-state index is -1.22. The van der Waals surface area contributed by atoms with Crippen LogP contribution in [0.3, 0.4) is 0 Å². The largest absolute Gasteiger partial charge is 0.105 e. The van der Waals surface area contributed by atoms with Crippen molar-refractivity contribution in [3.8, 4) is 0 Å². The number of hydrogen-bond donors (Lipinski definition) is 0. The number of halogens is 1. The third-order valence-electron chi connectivity index (χ3n) is 3.48. The van der Waals surface area contributed by atoms with Crippen molar-refractivity contribution in [3.05, 3.63) is 90.5 Å². The Morgan fingerprint density at radius 3 is 1.38 bits per heavy atom. The van der Waals surface area contributed by atoms with Gasteiger partial charge in [0.25, 0.3) is 0 Å². The summed E-state index contributed by atoms with van der Waals surface area (Å²) < 4.78 is 0. The van der Waals surface area contributed by atoms with Crippen molar-refractivity contribution in [3.63, 3.8) is 0 Å². The van der Waals surface area contributed by atoms with E-state index in [1.54, 1.807) is 0 Å². The third kappa shape index (κ3) is 2.87. The zero-order valence-corrected chi connectivity index (χ0v) is 14.8. The number of rotatable bonds is 3. The average Bonchev–Trinajstić information content (AvgIpc) is 2.56. The van der Waals surface area contributed by atoms with Crippen LogP contribution in [0.25, 0.3) is 0 Å². The van der Waals surface area contributed by atoms with Gasteiger partial charge in [-0.1, -0.05) is 54.1 Å². The van der Waals surface area contributed by atoms with Crippen molar-refractivity contribution < 1.29 is 0 Å². The summed E-state index contributed by atoms with van der Waals surface area (Å²) >= 11 is 2.67. The molecule has 0 radical (unpaired) electrons. The summed E-state index contributed by atoms with van der Waals surface area (Å²) in [4.78, 5) is 4.17. The van der Waals surface area contributed by atoms with Crippen LogP contribution in [0.15, 0.2) is 99.6 Å². The molecule has 0 aliphatic rings. The summed E-state index contributed by atoms with van der Waals surface area (Å²) in [5.74, 6) is 0. The molecule has 3 aromatic carbocycles. The molecule has 0 aliphatic heterocycles. The van der Waals surface area contributed by atoms with E-state index < -0.39 is 7.20 Å². The Morgan fingerprint density at radius 2 is 0.952 bits per heavy atom. The first-order valence-electron chi connectivity index (χ1n) is 6.91. The quantitative estimate of drug-likeness (QED) is 0.430. The molecule has 0 saturated carbocycles. The molecule has 21 heavy (non-hydrogen) atoms. The zero-order chi connectivity index (χ0) is 14.7. The number of benzene rings is 3. The van der Waals surface area contributed by atoms with E-state index in [0.29, 0.717) is 0 Å². The number of hydrogen-bond acceptors (Lipinski definition) is 0. The van der Waals surface area contributed by atoms with E-state index in [9.17, 15) is 0 Å². The standard InChI is InChI=1S/C19H17IS/c1-16-12-14-19(15-13-16)21(20,17-8-4-2-5-9-17)18-10-6-3-7-11-18/h2-15H,1H3. The Bertz CT molecular complexity index is 666. The molecular formula is C19H17IS. The lowest BCUT2D eigenvalue weighted by Crippen LogP contribution is -1.95. The molecule has 3 aromatic rings. The molecule has 0 aromatic heterocycles. The molecule has 0 fully saturated rings. The van der Waals surface area contributed by atoms with Crippen LogP contribution in [0.2, 0.25) is 0 Å². The van der Waals surface area contributed by atoms with E-state index >= 15 is 0 Å². The SMILES string of the molecule is Cc1ccc(S(I)(c2ccccc2)c2ccccc2)cc1. The van der Waals surface area contributed by atoms with E-state index in [1.165, 1.54) is 20.2 Å². The van der Waals surface area contributed by atoms with Gasteiger partial charge in [0.05, 0.1) is 0 Å². The van der Waals surface area contributed by atoms with Gasteiger partial charge in [0, 0.05) is 14.7 Å². The van der Waals surface area contributed by atoms with Crippen LogP contribution in [-0.4, -0.2) is 0 Å². The van der Waals surface area contributed by atoms with Crippen molar-refractivity contribution in [2.45, 2.75) is 21.6 Å². The molecule has 0 saturated heterocycles. The van der Waals surface area contributed by atoms with Gasteiger partial charge in [0.2, 0.25) is 0 Å². The van der Waals surface area contributed by atoms with Gasteiger partial charge >= 0.3 is 0 Å². The molecule has 0 spiro atoms. The molecule has 0 unspecified atom stereocenters. The van der Waals surface area contributed by atoms with Gasteiger partial charge in [-0.25, -0.2) is 0 Å². The van der Waals surface area contributed by atoms with Crippen LogP contribution in [0.1, 0.15) is 5.56 Å². The summed E-state index contributed by atoms with van der Waals surface area (Å²) in [5, 5.41) is 0. The second-order valence-electron chi connectivity index (χ2n) is 4.98. The molecular weight excluding hydrogens is 387 g/mol. The highest BCUT2D eigenvalue weighted by Gasteiger charge is 2.27. The Kier molecular flexibility index (Phi) is 4.36. The van der Waals surface area contributed by atoms with Gasteiger partial charge in [-0.2, -0.15) is 0 Å². The summed E-state index contributed by atoms with van der Waals surface area (Å²) in [6.45, 7) is 2.14. The highest BCUT2D eigenvalue weighted by molar-refractivity contribution is 14.2. The predicted molar refractivity (Wildman–Crippen MR) is 100 cm³/mol. The Balaban J connectivity index is 2.23. The highest BCUT2D eigenvalue weighted by atomic mass is 127. The fourth-order valence-corrected chi connectivity index (χ4v) is 7.38. The van der Waals surface area contributed by atoms with Crippen molar-refractivity contribution in [1.29, 1.82) is 0 Å². The van der Waals surface area contributed by atoms with Gasteiger partial charge in [-0.05, 0) is 64.5 Å². The van der Waals surface area contributed by atoms with Crippen molar-refractivity contribution in [2.24, 2.45) is 0 Å². The molecule has 2 heteroatoms. The Labute approximate surface area is 140 Å². The van der Waals surface area contributed by atoms with Crippen molar-refractivity contribution >= 4 is 28.4 Å². The van der Waals surface area contributed by atoms with Crippen LogP contribution in [0, 0.1) is 6.92 Å². The predicted octanol–water partition coefficient (Wildman–Crippen LogP) is 6.63. The third-order valence-corrected chi connectivity index (χ3v) is 10.8. The molecule has 0 heterocycles. The highest BCUT2D eigenvalue weighted by Crippen LogP contribution is 2.74. The summed E-state index contributed by atoms with van der Waals surface area (Å²) in [6, 6.07) is 30.6. The number of aryl methyl sites for hydroxylation is 1. The van der Waals surface area contributed by atoms with E-state index in [4.69, 9.17) is 0 Å².